The molecule has 0 saturated carbocycles. The second kappa shape index (κ2) is 10.7. The molecule has 0 bridgehead atoms. The number of hydrogen-bond donors (Lipinski definition) is 1. The van der Waals surface area contributed by atoms with Gasteiger partial charge in [-0.2, -0.15) is 0 Å². The standard InChI is InChI=1S/C30H31N7O2/c1-21-8-11-23-19-26(30(38)31-27(23)18-21)28(36-16-14-35(15-17-36)24-6-4-3-5-7-24)29-32-33-34-37(29)20-22-9-12-25(39-2)13-10-22/h3-13,18-19,28H,14-17,20H2,1-2H3,(H,31,38)/t28-/m1/s1. The molecule has 1 fully saturated rings. The Balaban J connectivity index is 1.37. The fourth-order valence-corrected chi connectivity index (χ4v) is 5.34. The van der Waals surface area contributed by atoms with Crippen LogP contribution in [0.1, 0.15) is 28.6 Å². The van der Waals surface area contributed by atoms with Crippen molar-refractivity contribution in [2.24, 2.45) is 0 Å². The Morgan fingerprint density at radius 1 is 0.949 bits per heavy atom. The number of H-pyrrole nitrogens is 1. The molecule has 5 aromatic rings. The molecular weight excluding hydrogens is 490 g/mol. The van der Waals surface area contributed by atoms with Crippen molar-refractivity contribution in [1.82, 2.24) is 30.1 Å². The second-order valence-electron chi connectivity index (χ2n) is 9.95. The van der Waals surface area contributed by atoms with Gasteiger partial charge >= 0.3 is 0 Å². The van der Waals surface area contributed by atoms with Gasteiger partial charge in [-0.3, -0.25) is 9.69 Å². The highest BCUT2D eigenvalue weighted by atomic mass is 16.5. The van der Waals surface area contributed by atoms with Crippen LogP contribution < -0.4 is 15.2 Å². The van der Waals surface area contributed by atoms with Crippen LogP contribution in [0.15, 0.2) is 83.7 Å². The number of nitrogens with one attached hydrogen (secondary N) is 1. The molecule has 1 aliphatic rings. The first-order valence-electron chi connectivity index (χ1n) is 13.2. The molecule has 0 spiro atoms. The lowest BCUT2D eigenvalue weighted by Crippen LogP contribution is -2.49. The van der Waals surface area contributed by atoms with Gasteiger partial charge in [0.25, 0.3) is 5.56 Å². The average Bonchev–Trinajstić information content (AvgIpc) is 3.42. The van der Waals surface area contributed by atoms with E-state index in [9.17, 15) is 4.79 Å². The lowest BCUT2D eigenvalue weighted by atomic mass is 10.0. The number of tetrazole rings is 1. The number of para-hydroxylation sites is 1. The molecule has 9 nitrogen and oxygen atoms in total. The van der Waals surface area contributed by atoms with Crippen LogP contribution in [0.25, 0.3) is 10.9 Å². The van der Waals surface area contributed by atoms with Gasteiger partial charge in [0.15, 0.2) is 5.82 Å². The van der Waals surface area contributed by atoms with Crippen molar-refractivity contribution in [1.29, 1.82) is 0 Å². The SMILES string of the molecule is COc1ccc(Cn2nnnc2[C@@H](c2cc3ccc(C)cc3[nH]c2=O)N2CCN(c3ccccc3)CC2)cc1. The van der Waals surface area contributed by atoms with E-state index in [0.717, 1.165) is 54.0 Å². The lowest BCUT2D eigenvalue weighted by Gasteiger charge is -2.39. The highest BCUT2D eigenvalue weighted by Gasteiger charge is 2.32. The van der Waals surface area contributed by atoms with E-state index in [1.807, 2.05) is 49.4 Å². The zero-order valence-corrected chi connectivity index (χ0v) is 22.1. The van der Waals surface area contributed by atoms with Gasteiger partial charge in [-0.15, -0.1) is 5.10 Å². The van der Waals surface area contributed by atoms with E-state index in [2.05, 4.69) is 66.7 Å². The fraction of sp³-hybridized carbons (Fsp3) is 0.267. The zero-order valence-electron chi connectivity index (χ0n) is 22.1. The molecule has 1 saturated heterocycles. The first kappa shape index (κ1) is 24.8. The maximum Gasteiger partial charge on any atom is 0.253 e. The molecule has 39 heavy (non-hydrogen) atoms. The molecule has 1 atom stereocenters. The summed E-state index contributed by atoms with van der Waals surface area (Å²) in [6.45, 7) is 5.71. The number of benzene rings is 3. The first-order chi connectivity index (χ1) is 19.1. The van der Waals surface area contributed by atoms with E-state index in [1.54, 1.807) is 11.8 Å². The van der Waals surface area contributed by atoms with Crippen molar-refractivity contribution in [3.8, 4) is 5.75 Å². The number of methoxy groups -OCH3 is 1. The number of ether oxygens (including phenoxy) is 1. The molecule has 6 rings (SSSR count). The second-order valence-corrected chi connectivity index (χ2v) is 9.95. The number of aromatic amines is 1. The Labute approximate surface area is 226 Å². The molecule has 3 aromatic carbocycles. The quantitative estimate of drug-likeness (QED) is 0.348. The number of hydrogen-bond acceptors (Lipinski definition) is 7. The van der Waals surface area contributed by atoms with Crippen molar-refractivity contribution in [2.75, 3.05) is 38.2 Å². The predicted octanol–water partition coefficient (Wildman–Crippen LogP) is 3.79. The number of pyridine rings is 1. The summed E-state index contributed by atoms with van der Waals surface area (Å²) in [6.07, 6.45) is 0. The fourth-order valence-electron chi connectivity index (χ4n) is 5.34. The zero-order chi connectivity index (χ0) is 26.8. The van der Waals surface area contributed by atoms with E-state index in [4.69, 9.17) is 4.74 Å². The molecule has 0 aliphatic carbocycles. The third-order valence-electron chi connectivity index (χ3n) is 7.42. The van der Waals surface area contributed by atoms with Crippen molar-refractivity contribution >= 4 is 16.6 Å². The van der Waals surface area contributed by atoms with Gasteiger partial charge in [0, 0.05) is 42.9 Å². The largest absolute Gasteiger partial charge is 0.497 e. The van der Waals surface area contributed by atoms with Gasteiger partial charge < -0.3 is 14.6 Å². The van der Waals surface area contributed by atoms with Crippen molar-refractivity contribution in [3.05, 3.63) is 112 Å². The number of fused-ring (bicyclic) bond motifs is 1. The molecule has 3 heterocycles. The third-order valence-corrected chi connectivity index (χ3v) is 7.42. The van der Waals surface area contributed by atoms with E-state index in [-0.39, 0.29) is 5.56 Å². The maximum atomic E-state index is 13.6. The maximum absolute atomic E-state index is 13.6. The molecule has 0 amide bonds. The van der Waals surface area contributed by atoms with Crippen LogP contribution in [-0.2, 0) is 6.54 Å². The van der Waals surface area contributed by atoms with Crippen molar-refractivity contribution in [3.63, 3.8) is 0 Å². The summed E-state index contributed by atoms with van der Waals surface area (Å²) in [4.78, 5) is 21.4. The van der Waals surface area contributed by atoms with E-state index in [1.165, 1.54) is 5.69 Å². The lowest BCUT2D eigenvalue weighted by molar-refractivity contribution is 0.200. The van der Waals surface area contributed by atoms with Crippen molar-refractivity contribution < 1.29 is 4.74 Å². The molecule has 0 radical (unpaired) electrons. The van der Waals surface area contributed by atoms with Gasteiger partial charge in [0.2, 0.25) is 0 Å². The molecule has 1 aliphatic heterocycles. The predicted molar refractivity (Wildman–Crippen MR) is 151 cm³/mol. The Bertz CT molecular complexity index is 1620. The number of rotatable bonds is 7. The minimum absolute atomic E-state index is 0.123. The van der Waals surface area contributed by atoms with Crippen LogP contribution in [-0.4, -0.2) is 63.4 Å². The monoisotopic (exact) mass is 521 g/mol. The van der Waals surface area contributed by atoms with Crippen LogP contribution in [0.4, 0.5) is 5.69 Å². The van der Waals surface area contributed by atoms with Crippen molar-refractivity contribution in [2.45, 2.75) is 19.5 Å². The number of piperazine rings is 1. The molecule has 2 aromatic heterocycles. The van der Waals surface area contributed by atoms with Gasteiger partial charge in [0.1, 0.15) is 11.8 Å². The third kappa shape index (κ3) is 5.13. The topological polar surface area (TPSA) is 92.2 Å². The van der Waals surface area contributed by atoms with Gasteiger partial charge in [-0.05, 0) is 70.3 Å². The summed E-state index contributed by atoms with van der Waals surface area (Å²) in [7, 11) is 1.65. The minimum atomic E-state index is -0.398. The molecule has 9 heteroatoms. The average molecular weight is 522 g/mol. The number of anilines is 1. The molecule has 1 N–H and O–H groups in total. The summed E-state index contributed by atoms with van der Waals surface area (Å²) in [6, 6.07) is 26.0. The summed E-state index contributed by atoms with van der Waals surface area (Å²) in [5.74, 6) is 1.44. The van der Waals surface area contributed by atoms with Crippen LogP contribution in [0.3, 0.4) is 0 Å². The van der Waals surface area contributed by atoms with Crippen LogP contribution >= 0.6 is 0 Å². The summed E-state index contributed by atoms with van der Waals surface area (Å²) in [5, 5.41) is 13.8. The molecule has 0 unspecified atom stereocenters. The van der Waals surface area contributed by atoms with Gasteiger partial charge in [0.05, 0.1) is 13.7 Å². The molecule has 198 valence electrons. The molecular formula is C30H31N7O2. The van der Waals surface area contributed by atoms with Crippen LogP contribution in [0, 0.1) is 6.92 Å². The summed E-state index contributed by atoms with van der Waals surface area (Å²) >= 11 is 0. The van der Waals surface area contributed by atoms with Gasteiger partial charge in [-0.1, -0.05) is 42.5 Å². The highest BCUT2D eigenvalue weighted by molar-refractivity contribution is 5.79. The number of aromatic nitrogens is 5. The smallest absolute Gasteiger partial charge is 0.253 e. The Kier molecular flexibility index (Phi) is 6.81. The highest BCUT2D eigenvalue weighted by Crippen LogP contribution is 2.29. The van der Waals surface area contributed by atoms with Crippen LogP contribution in [0.5, 0.6) is 5.75 Å². The van der Waals surface area contributed by atoms with E-state index >= 15 is 0 Å². The number of nitrogens with zero attached hydrogens (tertiary/aromatic N) is 6. The Hall–Kier alpha value is -4.50. The Morgan fingerprint density at radius 2 is 1.72 bits per heavy atom. The van der Waals surface area contributed by atoms with E-state index < -0.39 is 6.04 Å². The Morgan fingerprint density at radius 3 is 2.46 bits per heavy atom. The van der Waals surface area contributed by atoms with Crippen LogP contribution in [0.2, 0.25) is 0 Å². The number of aryl methyl sites for hydroxylation is 1. The van der Waals surface area contributed by atoms with Gasteiger partial charge in [-0.25, -0.2) is 4.68 Å². The summed E-state index contributed by atoms with van der Waals surface area (Å²) < 4.78 is 7.10. The summed E-state index contributed by atoms with van der Waals surface area (Å²) in [5.41, 5.74) is 4.70. The first-order valence-corrected chi connectivity index (χ1v) is 13.2. The minimum Gasteiger partial charge on any atom is -0.497 e. The normalized spacial score (nSPS) is 15.0. The van der Waals surface area contributed by atoms with E-state index in [0.29, 0.717) is 17.9 Å².